The van der Waals surface area contributed by atoms with Crippen molar-refractivity contribution in [3.05, 3.63) is 59.5 Å². The van der Waals surface area contributed by atoms with Gasteiger partial charge in [-0.05, 0) is 19.1 Å². The maximum Gasteiger partial charge on any atom is 0.235 e. The minimum atomic E-state index is -0.0554. The Balaban J connectivity index is 1.75. The van der Waals surface area contributed by atoms with E-state index in [1.54, 1.807) is 11.8 Å². The first-order valence-corrected chi connectivity index (χ1v) is 8.38. The van der Waals surface area contributed by atoms with E-state index in [0.717, 1.165) is 28.3 Å². The van der Waals surface area contributed by atoms with Gasteiger partial charge in [-0.25, -0.2) is 0 Å². The van der Waals surface area contributed by atoms with Crippen LogP contribution < -0.4 is 5.32 Å². The highest BCUT2D eigenvalue weighted by atomic mass is 32.2. The molecule has 0 unspecified atom stereocenters. The Morgan fingerprint density at radius 3 is 2.87 bits per heavy atom. The Morgan fingerprint density at radius 2 is 2.04 bits per heavy atom. The van der Waals surface area contributed by atoms with Crippen LogP contribution in [0.2, 0.25) is 0 Å². The number of hydrogen-bond donors (Lipinski definition) is 2. The number of fused-ring (bicyclic) bond motifs is 1. The molecule has 0 aliphatic carbocycles. The van der Waals surface area contributed by atoms with Crippen LogP contribution in [0.1, 0.15) is 22.3 Å². The van der Waals surface area contributed by atoms with Gasteiger partial charge in [-0.15, -0.1) is 11.8 Å². The van der Waals surface area contributed by atoms with Gasteiger partial charge in [-0.3, -0.25) is 9.89 Å². The number of benzene rings is 1. The van der Waals surface area contributed by atoms with Crippen LogP contribution in [0.25, 0.3) is 11.3 Å². The first kappa shape index (κ1) is 14.1. The number of hydrogen-bond acceptors (Lipinski definition) is 4. The van der Waals surface area contributed by atoms with Crippen LogP contribution in [-0.2, 0) is 4.79 Å². The molecular formula is C17H15N3O2S. The number of H-pyrrole nitrogens is 1. The summed E-state index contributed by atoms with van der Waals surface area (Å²) < 4.78 is 6.08. The minimum Gasteiger partial charge on any atom is -0.460 e. The molecule has 116 valence electrons. The third-order valence-electron chi connectivity index (χ3n) is 3.84. The summed E-state index contributed by atoms with van der Waals surface area (Å²) in [7, 11) is 0. The summed E-state index contributed by atoms with van der Waals surface area (Å²) in [4.78, 5) is 11.8. The molecule has 0 bridgehead atoms. The number of thioether (sulfide) groups is 1. The van der Waals surface area contributed by atoms with Gasteiger partial charge in [0.25, 0.3) is 0 Å². The van der Waals surface area contributed by atoms with Crippen LogP contribution in [0.15, 0.2) is 46.9 Å². The number of furan rings is 1. The van der Waals surface area contributed by atoms with Crippen molar-refractivity contribution in [2.45, 2.75) is 12.2 Å². The van der Waals surface area contributed by atoms with E-state index in [1.807, 2.05) is 49.4 Å². The van der Waals surface area contributed by atoms with Gasteiger partial charge in [-0.2, -0.15) is 5.10 Å². The summed E-state index contributed by atoms with van der Waals surface area (Å²) in [6, 6.07) is 13.9. The monoisotopic (exact) mass is 325 g/mol. The molecule has 4 rings (SSSR count). The molecule has 3 aromatic rings. The molecule has 1 aromatic carbocycles. The molecule has 0 saturated carbocycles. The molecule has 6 heteroatoms. The summed E-state index contributed by atoms with van der Waals surface area (Å²) in [5, 5.41) is 9.92. The zero-order valence-corrected chi connectivity index (χ0v) is 13.3. The molecule has 0 radical (unpaired) electrons. The lowest BCUT2D eigenvalue weighted by Crippen LogP contribution is -2.12. The molecule has 0 saturated heterocycles. The van der Waals surface area contributed by atoms with Gasteiger partial charge in [0.2, 0.25) is 5.91 Å². The lowest BCUT2D eigenvalue weighted by atomic mass is 10.1. The molecule has 0 spiro atoms. The molecule has 3 heterocycles. The Kier molecular flexibility index (Phi) is 3.46. The SMILES string of the molecule is Cc1[nH]nc2c1[C@@H](c1ccc(-c3ccccc3)o1)SCC(=O)N2. The topological polar surface area (TPSA) is 70.9 Å². The lowest BCUT2D eigenvalue weighted by Gasteiger charge is -2.11. The number of amides is 1. The molecule has 1 atom stereocenters. The largest absolute Gasteiger partial charge is 0.460 e. The number of anilines is 1. The van der Waals surface area contributed by atoms with Gasteiger partial charge in [0, 0.05) is 16.8 Å². The predicted molar refractivity (Wildman–Crippen MR) is 90.4 cm³/mol. The van der Waals surface area contributed by atoms with Gasteiger partial charge in [0.15, 0.2) is 5.82 Å². The Hall–Kier alpha value is -2.47. The van der Waals surface area contributed by atoms with E-state index in [4.69, 9.17) is 4.42 Å². The van der Waals surface area contributed by atoms with Crippen LogP contribution in [0.3, 0.4) is 0 Å². The molecule has 23 heavy (non-hydrogen) atoms. The molecule has 5 nitrogen and oxygen atoms in total. The molecular weight excluding hydrogens is 310 g/mol. The lowest BCUT2D eigenvalue weighted by molar-refractivity contribution is -0.113. The second-order valence-corrected chi connectivity index (χ2v) is 6.51. The Morgan fingerprint density at radius 1 is 1.22 bits per heavy atom. The van der Waals surface area contributed by atoms with Crippen molar-refractivity contribution in [1.82, 2.24) is 10.2 Å². The van der Waals surface area contributed by atoms with Gasteiger partial charge < -0.3 is 9.73 Å². The van der Waals surface area contributed by atoms with Crippen LogP contribution >= 0.6 is 11.8 Å². The van der Waals surface area contributed by atoms with Gasteiger partial charge >= 0.3 is 0 Å². The van der Waals surface area contributed by atoms with Crippen molar-refractivity contribution < 1.29 is 9.21 Å². The van der Waals surface area contributed by atoms with Gasteiger partial charge in [0.1, 0.15) is 11.5 Å². The van der Waals surface area contributed by atoms with Crippen molar-refractivity contribution >= 4 is 23.5 Å². The highest BCUT2D eigenvalue weighted by Crippen LogP contribution is 2.43. The predicted octanol–water partition coefficient (Wildman–Crippen LogP) is 3.75. The highest BCUT2D eigenvalue weighted by molar-refractivity contribution is 8.00. The van der Waals surface area contributed by atoms with Gasteiger partial charge in [-0.1, -0.05) is 30.3 Å². The number of nitrogens with zero attached hydrogens (tertiary/aromatic N) is 1. The molecule has 1 aliphatic rings. The van der Waals surface area contributed by atoms with Crippen LogP contribution in [-0.4, -0.2) is 21.9 Å². The molecule has 2 aromatic heterocycles. The summed E-state index contributed by atoms with van der Waals surface area (Å²) in [5.41, 5.74) is 2.96. The standard InChI is InChI=1S/C17H15N3O2S/c1-10-15-16(23-9-14(21)18-17(15)20-19-10)13-8-7-12(22-13)11-5-3-2-4-6-11/h2-8,16H,9H2,1H3,(H2,18,19,20,21)/t16-/m1/s1. The van der Waals surface area contributed by atoms with E-state index in [9.17, 15) is 4.79 Å². The third-order valence-corrected chi connectivity index (χ3v) is 5.07. The third kappa shape index (κ3) is 2.55. The molecule has 2 N–H and O–H groups in total. The van der Waals surface area contributed by atoms with Crippen molar-refractivity contribution in [2.75, 3.05) is 11.1 Å². The van der Waals surface area contributed by atoms with Crippen molar-refractivity contribution in [3.8, 4) is 11.3 Å². The van der Waals surface area contributed by atoms with E-state index < -0.39 is 0 Å². The Bertz CT molecular complexity index is 854. The van der Waals surface area contributed by atoms with E-state index in [2.05, 4.69) is 15.5 Å². The summed E-state index contributed by atoms with van der Waals surface area (Å²) in [5.74, 6) is 2.59. The fraction of sp³-hybridized carbons (Fsp3) is 0.176. The second-order valence-electron chi connectivity index (χ2n) is 5.42. The zero-order chi connectivity index (χ0) is 15.8. The quantitative estimate of drug-likeness (QED) is 0.753. The molecule has 0 fully saturated rings. The van der Waals surface area contributed by atoms with Crippen LogP contribution in [0, 0.1) is 6.92 Å². The smallest absolute Gasteiger partial charge is 0.235 e. The van der Waals surface area contributed by atoms with Crippen molar-refractivity contribution in [2.24, 2.45) is 0 Å². The van der Waals surface area contributed by atoms with E-state index in [1.165, 1.54) is 0 Å². The summed E-state index contributed by atoms with van der Waals surface area (Å²) in [6.45, 7) is 1.96. The number of aromatic nitrogens is 2. The maximum absolute atomic E-state index is 11.8. The summed E-state index contributed by atoms with van der Waals surface area (Å²) in [6.07, 6.45) is 0. The second kappa shape index (κ2) is 5.62. The minimum absolute atomic E-state index is 0.0416. The zero-order valence-electron chi connectivity index (χ0n) is 12.5. The highest BCUT2D eigenvalue weighted by Gasteiger charge is 2.30. The average Bonchev–Trinajstić information content (AvgIpc) is 3.14. The fourth-order valence-corrected chi connectivity index (χ4v) is 3.88. The van der Waals surface area contributed by atoms with E-state index in [0.29, 0.717) is 11.6 Å². The van der Waals surface area contributed by atoms with E-state index >= 15 is 0 Å². The van der Waals surface area contributed by atoms with E-state index in [-0.39, 0.29) is 11.2 Å². The number of aromatic amines is 1. The maximum atomic E-state index is 11.8. The average molecular weight is 325 g/mol. The Labute approximate surface area is 137 Å². The summed E-state index contributed by atoms with van der Waals surface area (Å²) >= 11 is 1.55. The van der Waals surface area contributed by atoms with Gasteiger partial charge in [0.05, 0.1) is 11.0 Å². The van der Waals surface area contributed by atoms with Crippen LogP contribution in [0.5, 0.6) is 0 Å². The number of aryl methyl sites for hydroxylation is 1. The van der Waals surface area contributed by atoms with Crippen molar-refractivity contribution in [3.63, 3.8) is 0 Å². The number of nitrogens with one attached hydrogen (secondary N) is 2. The first-order valence-electron chi connectivity index (χ1n) is 7.34. The number of carbonyl (C=O) groups is 1. The molecule has 1 aliphatic heterocycles. The number of carbonyl (C=O) groups excluding carboxylic acids is 1. The normalized spacial score (nSPS) is 17.4. The molecule has 1 amide bonds. The van der Waals surface area contributed by atoms with Crippen LogP contribution in [0.4, 0.5) is 5.82 Å². The van der Waals surface area contributed by atoms with Crippen molar-refractivity contribution in [1.29, 1.82) is 0 Å². The first-order chi connectivity index (χ1) is 11.2. The number of rotatable bonds is 2. The fourth-order valence-electron chi connectivity index (χ4n) is 2.74.